The second-order valence-corrected chi connectivity index (χ2v) is 3.78. The lowest BCUT2D eigenvalue weighted by Crippen LogP contribution is -2.04. The van der Waals surface area contributed by atoms with Gasteiger partial charge in [0.2, 0.25) is 0 Å². The zero-order chi connectivity index (χ0) is 11.5. The molecule has 0 aliphatic carbocycles. The van der Waals surface area contributed by atoms with Gasteiger partial charge in [0.1, 0.15) is 6.33 Å². The van der Waals surface area contributed by atoms with Crippen molar-refractivity contribution < 1.29 is 0 Å². The maximum atomic E-state index is 5.85. The lowest BCUT2D eigenvalue weighted by Gasteiger charge is -2.08. The van der Waals surface area contributed by atoms with Crippen LogP contribution in [0.5, 0.6) is 0 Å². The van der Waals surface area contributed by atoms with Crippen molar-refractivity contribution in [3.63, 3.8) is 0 Å². The van der Waals surface area contributed by atoms with Crippen LogP contribution in [0.15, 0.2) is 24.5 Å². The monoisotopic (exact) mass is 217 g/mol. The van der Waals surface area contributed by atoms with Crippen LogP contribution < -0.4 is 11.1 Å². The Balaban J connectivity index is 2.07. The number of anilines is 2. The minimum absolute atomic E-state index is 0.578. The predicted molar refractivity (Wildman–Crippen MR) is 63.9 cm³/mol. The van der Waals surface area contributed by atoms with Crippen molar-refractivity contribution in [1.82, 2.24) is 14.8 Å². The van der Waals surface area contributed by atoms with Crippen LogP contribution in [0.1, 0.15) is 11.4 Å². The first-order valence-corrected chi connectivity index (χ1v) is 5.09. The Bertz CT molecular complexity index is 489. The van der Waals surface area contributed by atoms with E-state index in [1.807, 2.05) is 32.2 Å². The normalized spacial score (nSPS) is 10.4. The quantitative estimate of drug-likeness (QED) is 0.761. The molecule has 0 atom stereocenters. The third-order valence-electron chi connectivity index (χ3n) is 2.29. The largest absolute Gasteiger partial charge is 0.397 e. The molecule has 84 valence electrons. The van der Waals surface area contributed by atoms with Crippen molar-refractivity contribution in [3.8, 4) is 0 Å². The van der Waals surface area contributed by atoms with Gasteiger partial charge < -0.3 is 11.1 Å². The SMILES string of the molecule is Cc1ccc(N)c(NCc2ncn(C)n2)c1. The number of aromatic nitrogens is 3. The maximum absolute atomic E-state index is 5.85. The number of benzene rings is 1. The minimum atomic E-state index is 0.578. The number of nitrogen functional groups attached to an aromatic ring is 1. The van der Waals surface area contributed by atoms with Crippen molar-refractivity contribution in [2.75, 3.05) is 11.1 Å². The lowest BCUT2D eigenvalue weighted by atomic mass is 10.2. The molecule has 5 nitrogen and oxygen atoms in total. The van der Waals surface area contributed by atoms with Gasteiger partial charge in [-0.05, 0) is 24.6 Å². The van der Waals surface area contributed by atoms with Crippen molar-refractivity contribution in [3.05, 3.63) is 35.9 Å². The number of nitrogens with two attached hydrogens (primary N) is 1. The molecule has 3 N–H and O–H groups in total. The molecular weight excluding hydrogens is 202 g/mol. The molecule has 16 heavy (non-hydrogen) atoms. The van der Waals surface area contributed by atoms with E-state index >= 15 is 0 Å². The molecule has 0 fully saturated rings. The molecule has 0 amide bonds. The van der Waals surface area contributed by atoms with Gasteiger partial charge in [-0.15, -0.1) is 0 Å². The molecule has 0 aliphatic rings. The first-order chi connectivity index (χ1) is 7.65. The highest BCUT2D eigenvalue weighted by Gasteiger charge is 2.01. The summed E-state index contributed by atoms with van der Waals surface area (Å²) < 4.78 is 1.68. The van der Waals surface area contributed by atoms with Crippen molar-refractivity contribution in [1.29, 1.82) is 0 Å². The molecule has 1 aromatic heterocycles. The van der Waals surface area contributed by atoms with Crippen LogP contribution in [0.4, 0.5) is 11.4 Å². The summed E-state index contributed by atoms with van der Waals surface area (Å²) in [5, 5.41) is 7.40. The Morgan fingerprint density at radius 2 is 2.25 bits per heavy atom. The molecule has 2 rings (SSSR count). The Morgan fingerprint density at radius 3 is 2.94 bits per heavy atom. The summed E-state index contributed by atoms with van der Waals surface area (Å²) in [6, 6.07) is 5.89. The van der Waals surface area contributed by atoms with Crippen LogP contribution in [-0.4, -0.2) is 14.8 Å². The van der Waals surface area contributed by atoms with Gasteiger partial charge in [-0.1, -0.05) is 6.07 Å². The lowest BCUT2D eigenvalue weighted by molar-refractivity contribution is 0.747. The zero-order valence-electron chi connectivity index (χ0n) is 9.44. The number of nitrogens with one attached hydrogen (secondary N) is 1. The first-order valence-electron chi connectivity index (χ1n) is 5.09. The molecule has 5 heteroatoms. The number of rotatable bonds is 3. The van der Waals surface area contributed by atoms with E-state index in [-0.39, 0.29) is 0 Å². The predicted octanol–water partition coefficient (Wildman–Crippen LogP) is 1.32. The summed E-state index contributed by atoms with van der Waals surface area (Å²) in [5.41, 5.74) is 8.68. The fourth-order valence-electron chi connectivity index (χ4n) is 1.46. The van der Waals surface area contributed by atoms with E-state index < -0.39 is 0 Å². The number of aryl methyl sites for hydroxylation is 2. The number of hydrogen-bond acceptors (Lipinski definition) is 4. The van der Waals surface area contributed by atoms with Gasteiger partial charge in [-0.3, -0.25) is 4.68 Å². The van der Waals surface area contributed by atoms with Crippen LogP contribution in [0, 0.1) is 6.92 Å². The van der Waals surface area contributed by atoms with Gasteiger partial charge in [0.25, 0.3) is 0 Å². The number of nitrogens with zero attached hydrogens (tertiary/aromatic N) is 3. The average Bonchev–Trinajstić information content (AvgIpc) is 2.66. The highest BCUT2D eigenvalue weighted by atomic mass is 15.3. The highest BCUT2D eigenvalue weighted by molar-refractivity contribution is 5.66. The van der Waals surface area contributed by atoms with Crippen molar-refractivity contribution in [2.45, 2.75) is 13.5 Å². The summed E-state index contributed by atoms with van der Waals surface area (Å²) in [6.07, 6.45) is 1.68. The highest BCUT2D eigenvalue weighted by Crippen LogP contribution is 2.19. The van der Waals surface area contributed by atoms with E-state index in [9.17, 15) is 0 Å². The molecule has 1 heterocycles. The third-order valence-corrected chi connectivity index (χ3v) is 2.29. The van der Waals surface area contributed by atoms with Gasteiger partial charge in [0.05, 0.1) is 17.9 Å². The Morgan fingerprint density at radius 1 is 1.44 bits per heavy atom. The maximum Gasteiger partial charge on any atom is 0.169 e. The Labute approximate surface area is 94.3 Å². The summed E-state index contributed by atoms with van der Waals surface area (Å²) in [5.74, 6) is 0.753. The van der Waals surface area contributed by atoms with Crippen molar-refractivity contribution in [2.24, 2.45) is 7.05 Å². The van der Waals surface area contributed by atoms with Crippen LogP contribution in [0.2, 0.25) is 0 Å². The van der Waals surface area contributed by atoms with Gasteiger partial charge in [-0.2, -0.15) is 5.10 Å². The molecule has 0 aliphatic heterocycles. The van der Waals surface area contributed by atoms with Gasteiger partial charge in [0.15, 0.2) is 5.82 Å². The van der Waals surface area contributed by atoms with E-state index in [1.165, 1.54) is 5.56 Å². The first kappa shape index (κ1) is 10.5. The molecule has 1 aromatic carbocycles. The molecule has 0 spiro atoms. The summed E-state index contributed by atoms with van der Waals surface area (Å²) in [7, 11) is 1.84. The van der Waals surface area contributed by atoms with Crippen LogP contribution in [0.25, 0.3) is 0 Å². The molecule has 0 bridgehead atoms. The average molecular weight is 217 g/mol. The second kappa shape index (κ2) is 4.22. The van der Waals surface area contributed by atoms with Crippen LogP contribution in [-0.2, 0) is 13.6 Å². The zero-order valence-corrected chi connectivity index (χ0v) is 9.44. The smallest absolute Gasteiger partial charge is 0.169 e. The summed E-state index contributed by atoms with van der Waals surface area (Å²) in [4.78, 5) is 4.13. The van der Waals surface area contributed by atoms with Gasteiger partial charge in [-0.25, -0.2) is 4.98 Å². The Hall–Kier alpha value is -2.04. The number of hydrogen-bond donors (Lipinski definition) is 2. The standard InChI is InChI=1S/C11H15N5/c1-8-3-4-9(12)10(5-8)13-6-11-14-7-16(2)15-11/h3-5,7,13H,6,12H2,1-2H3. The molecule has 0 radical (unpaired) electrons. The second-order valence-electron chi connectivity index (χ2n) is 3.78. The van der Waals surface area contributed by atoms with Gasteiger partial charge >= 0.3 is 0 Å². The van der Waals surface area contributed by atoms with Gasteiger partial charge in [0, 0.05) is 7.05 Å². The molecule has 0 saturated heterocycles. The van der Waals surface area contributed by atoms with E-state index in [0.29, 0.717) is 6.54 Å². The third kappa shape index (κ3) is 2.31. The summed E-state index contributed by atoms with van der Waals surface area (Å²) in [6.45, 7) is 2.61. The fraction of sp³-hybridized carbons (Fsp3) is 0.273. The molecule has 0 unspecified atom stereocenters. The topological polar surface area (TPSA) is 68.8 Å². The molecule has 2 aromatic rings. The summed E-state index contributed by atoms with van der Waals surface area (Å²) >= 11 is 0. The van der Waals surface area contributed by atoms with Crippen LogP contribution >= 0.6 is 0 Å². The van der Waals surface area contributed by atoms with E-state index in [1.54, 1.807) is 11.0 Å². The molecular formula is C11H15N5. The fourth-order valence-corrected chi connectivity index (χ4v) is 1.46. The van der Waals surface area contributed by atoms with E-state index in [2.05, 4.69) is 15.4 Å². The van der Waals surface area contributed by atoms with E-state index in [4.69, 9.17) is 5.73 Å². The van der Waals surface area contributed by atoms with Crippen molar-refractivity contribution >= 4 is 11.4 Å². The Kier molecular flexibility index (Phi) is 2.76. The van der Waals surface area contributed by atoms with E-state index in [0.717, 1.165) is 17.2 Å². The minimum Gasteiger partial charge on any atom is -0.397 e. The molecule has 0 saturated carbocycles. The van der Waals surface area contributed by atoms with Crippen LogP contribution in [0.3, 0.4) is 0 Å².